The van der Waals surface area contributed by atoms with E-state index in [0.717, 1.165) is 41.8 Å². The van der Waals surface area contributed by atoms with Crippen molar-refractivity contribution in [3.63, 3.8) is 0 Å². The predicted octanol–water partition coefficient (Wildman–Crippen LogP) is 2.46. The SMILES string of the molecule is O=C(Nc1cccc2ncccc12)C1CCCN(c2ccc(-n3cncn3)nn2)C1. The van der Waals surface area contributed by atoms with Gasteiger partial charge in [0.15, 0.2) is 11.6 Å². The van der Waals surface area contributed by atoms with Gasteiger partial charge >= 0.3 is 0 Å². The molecule has 4 heterocycles. The zero-order valence-corrected chi connectivity index (χ0v) is 16.2. The summed E-state index contributed by atoms with van der Waals surface area (Å²) < 4.78 is 1.56. The number of nitrogens with zero attached hydrogens (tertiary/aromatic N) is 7. The molecule has 1 aliphatic rings. The summed E-state index contributed by atoms with van der Waals surface area (Å²) >= 11 is 0. The molecule has 1 unspecified atom stereocenters. The fraction of sp³-hybridized carbons (Fsp3) is 0.238. The quantitative estimate of drug-likeness (QED) is 0.561. The number of amides is 1. The molecule has 150 valence electrons. The Morgan fingerprint density at radius 2 is 1.97 bits per heavy atom. The second kappa shape index (κ2) is 7.86. The van der Waals surface area contributed by atoms with E-state index in [9.17, 15) is 4.79 Å². The highest BCUT2D eigenvalue weighted by Gasteiger charge is 2.27. The van der Waals surface area contributed by atoms with Crippen LogP contribution in [0, 0.1) is 5.92 Å². The van der Waals surface area contributed by atoms with E-state index < -0.39 is 0 Å². The Hall–Kier alpha value is -3.88. The molecule has 0 aliphatic carbocycles. The van der Waals surface area contributed by atoms with Gasteiger partial charge in [-0.3, -0.25) is 9.78 Å². The maximum Gasteiger partial charge on any atom is 0.229 e. The fourth-order valence-corrected chi connectivity index (χ4v) is 3.78. The Labute approximate surface area is 172 Å². The first kappa shape index (κ1) is 18.2. The zero-order valence-electron chi connectivity index (χ0n) is 16.2. The largest absolute Gasteiger partial charge is 0.354 e. The highest BCUT2D eigenvalue weighted by atomic mass is 16.1. The van der Waals surface area contributed by atoms with Crippen molar-refractivity contribution in [2.45, 2.75) is 12.8 Å². The van der Waals surface area contributed by atoms with E-state index in [-0.39, 0.29) is 11.8 Å². The number of anilines is 2. The van der Waals surface area contributed by atoms with Crippen LogP contribution < -0.4 is 10.2 Å². The van der Waals surface area contributed by atoms with Gasteiger partial charge in [0.05, 0.1) is 17.1 Å². The highest BCUT2D eigenvalue weighted by molar-refractivity contribution is 6.01. The number of nitrogens with one attached hydrogen (secondary N) is 1. The molecule has 0 radical (unpaired) electrons. The zero-order chi connectivity index (χ0) is 20.3. The lowest BCUT2D eigenvalue weighted by atomic mass is 9.97. The van der Waals surface area contributed by atoms with Crippen molar-refractivity contribution < 1.29 is 4.79 Å². The van der Waals surface area contributed by atoms with Crippen molar-refractivity contribution in [3.8, 4) is 5.82 Å². The Balaban J connectivity index is 1.29. The van der Waals surface area contributed by atoms with Crippen LogP contribution >= 0.6 is 0 Å². The standard InChI is InChI=1S/C21H20N8O/c30-21(25-18-7-1-6-17-16(18)5-2-10-23-17)15-4-3-11-28(12-15)19-8-9-20(27-26-19)29-14-22-13-24-29/h1-2,5-10,13-15H,3-4,11-12H2,(H,25,30). The Kier molecular flexibility index (Phi) is 4.76. The van der Waals surface area contributed by atoms with Crippen LogP contribution in [0.25, 0.3) is 16.7 Å². The fourth-order valence-electron chi connectivity index (χ4n) is 3.78. The number of benzene rings is 1. The summed E-state index contributed by atoms with van der Waals surface area (Å²) in [6.45, 7) is 1.45. The van der Waals surface area contributed by atoms with E-state index in [1.165, 1.54) is 6.33 Å². The van der Waals surface area contributed by atoms with Crippen molar-refractivity contribution in [1.29, 1.82) is 0 Å². The maximum atomic E-state index is 13.0. The maximum absolute atomic E-state index is 13.0. The van der Waals surface area contributed by atoms with E-state index in [2.05, 4.69) is 35.5 Å². The third kappa shape index (κ3) is 3.57. The molecule has 3 aromatic heterocycles. The Bertz CT molecular complexity index is 1150. The number of fused-ring (bicyclic) bond motifs is 1. The second-order valence-electron chi connectivity index (χ2n) is 7.24. The number of hydrogen-bond acceptors (Lipinski definition) is 7. The smallest absolute Gasteiger partial charge is 0.229 e. The van der Waals surface area contributed by atoms with Gasteiger partial charge in [0.2, 0.25) is 5.91 Å². The summed E-state index contributed by atoms with van der Waals surface area (Å²) in [7, 11) is 0. The van der Waals surface area contributed by atoms with Crippen molar-refractivity contribution in [3.05, 3.63) is 61.3 Å². The van der Waals surface area contributed by atoms with Crippen LogP contribution in [0.3, 0.4) is 0 Å². The van der Waals surface area contributed by atoms with Gasteiger partial charge in [-0.1, -0.05) is 6.07 Å². The van der Waals surface area contributed by atoms with Gasteiger partial charge in [-0.15, -0.1) is 10.2 Å². The molecule has 4 aromatic rings. The van der Waals surface area contributed by atoms with Crippen molar-refractivity contribution >= 4 is 28.3 Å². The van der Waals surface area contributed by atoms with Crippen LogP contribution in [0.5, 0.6) is 0 Å². The summed E-state index contributed by atoms with van der Waals surface area (Å²) in [5.41, 5.74) is 1.66. The lowest BCUT2D eigenvalue weighted by Gasteiger charge is -2.32. The summed E-state index contributed by atoms with van der Waals surface area (Å²) in [5.74, 6) is 1.25. The number of hydrogen-bond donors (Lipinski definition) is 1. The van der Waals surface area contributed by atoms with E-state index >= 15 is 0 Å². The molecule has 0 bridgehead atoms. The summed E-state index contributed by atoms with van der Waals surface area (Å²) in [4.78, 5) is 23.4. The third-order valence-electron chi connectivity index (χ3n) is 5.31. The molecular formula is C21H20N8O. The van der Waals surface area contributed by atoms with Crippen molar-refractivity contribution in [1.82, 2.24) is 29.9 Å². The highest BCUT2D eigenvalue weighted by Crippen LogP contribution is 2.25. The van der Waals surface area contributed by atoms with Crippen LogP contribution in [0.1, 0.15) is 12.8 Å². The number of pyridine rings is 1. The van der Waals surface area contributed by atoms with Gasteiger partial charge in [0.25, 0.3) is 0 Å². The minimum atomic E-state index is -0.123. The molecule has 1 aromatic carbocycles. The van der Waals surface area contributed by atoms with Crippen molar-refractivity contribution in [2.24, 2.45) is 5.92 Å². The number of rotatable bonds is 4. The topological polar surface area (TPSA) is 102 Å². The lowest BCUT2D eigenvalue weighted by Crippen LogP contribution is -2.41. The second-order valence-corrected chi connectivity index (χ2v) is 7.24. The summed E-state index contributed by atoms with van der Waals surface area (Å²) in [5, 5.41) is 16.6. The molecule has 1 N–H and O–H groups in total. The van der Waals surface area contributed by atoms with Crippen molar-refractivity contribution in [2.75, 3.05) is 23.3 Å². The molecule has 1 atom stereocenters. The number of carbonyl (C=O) groups is 1. The molecule has 1 fully saturated rings. The van der Waals surface area contributed by atoms with Crippen LogP contribution in [0.2, 0.25) is 0 Å². The first-order valence-electron chi connectivity index (χ1n) is 9.86. The van der Waals surface area contributed by atoms with Crippen LogP contribution in [0.15, 0.2) is 61.3 Å². The third-order valence-corrected chi connectivity index (χ3v) is 5.31. The molecular weight excluding hydrogens is 380 g/mol. The van der Waals surface area contributed by atoms with Gasteiger partial charge in [-0.25, -0.2) is 9.67 Å². The first-order chi connectivity index (χ1) is 14.8. The molecule has 1 saturated heterocycles. The molecule has 1 amide bonds. The number of piperidine rings is 1. The van der Waals surface area contributed by atoms with Gasteiger partial charge in [-0.05, 0) is 49.2 Å². The molecule has 0 spiro atoms. The van der Waals surface area contributed by atoms with Crippen LogP contribution in [0.4, 0.5) is 11.5 Å². The van der Waals surface area contributed by atoms with Gasteiger partial charge in [0.1, 0.15) is 12.7 Å². The average molecular weight is 400 g/mol. The van der Waals surface area contributed by atoms with E-state index in [4.69, 9.17) is 0 Å². The molecule has 30 heavy (non-hydrogen) atoms. The van der Waals surface area contributed by atoms with E-state index in [1.807, 2.05) is 42.5 Å². The summed E-state index contributed by atoms with van der Waals surface area (Å²) in [6, 6.07) is 13.4. The minimum absolute atomic E-state index is 0.0169. The predicted molar refractivity (Wildman–Crippen MR) is 112 cm³/mol. The van der Waals surface area contributed by atoms with E-state index in [0.29, 0.717) is 12.4 Å². The molecule has 9 nitrogen and oxygen atoms in total. The van der Waals surface area contributed by atoms with E-state index in [1.54, 1.807) is 17.2 Å². The number of carbonyl (C=O) groups excluding carboxylic acids is 1. The first-order valence-corrected chi connectivity index (χ1v) is 9.86. The lowest BCUT2D eigenvalue weighted by molar-refractivity contribution is -0.120. The molecule has 9 heteroatoms. The van der Waals surface area contributed by atoms with Crippen LogP contribution in [-0.2, 0) is 4.79 Å². The monoisotopic (exact) mass is 400 g/mol. The van der Waals surface area contributed by atoms with Gasteiger partial charge in [0, 0.05) is 24.7 Å². The molecule has 5 rings (SSSR count). The Morgan fingerprint density at radius 1 is 1.07 bits per heavy atom. The normalized spacial score (nSPS) is 16.5. The summed E-state index contributed by atoms with van der Waals surface area (Å²) in [6.07, 6.45) is 6.54. The van der Waals surface area contributed by atoms with Gasteiger partial charge < -0.3 is 10.2 Å². The number of aromatic nitrogens is 6. The average Bonchev–Trinajstić information content (AvgIpc) is 3.35. The minimum Gasteiger partial charge on any atom is -0.354 e. The molecule has 0 saturated carbocycles. The van der Waals surface area contributed by atoms with Gasteiger partial charge in [-0.2, -0.15) is 5.10 Å². The molecule has 1 aliphatic heterocycles. The van der Waals surface area contributed by atoms with Crippen LogP contribution in [-0.4, -0.2) is 48.9 Å². The Morgan fingerprint density at radius 3 is 2.80 bits per heavy atom.